The number of aryl methyl sites for hydroxylation is 2. The van der Waals surface area contributed by atoms with Crippen LogP contribution in [0, 0.1) is 13.8 Å². The molecule has 0 aliphatic heterocycles. The first-order chi connectivity index (χ1) is 10.3. The van der Waals surface area contributed by atoms with E-state index >= 15 is 0 Å². The first kappa shape index (κ1) is 13.4. The van der Waals surface area contributed by atoms with Crippen molar-refractivity contribution in [1.29, 1.82) is 0 Å². The summed E-state index contributed by atoms with van der Waals surface area (Å²) in [4.78, 5) is 8.73. The van der Waals surface area contributed by atoms with Crippen LogP contribution in [0.3, 0.4) is 0 Å². The molecule has 0 saturated heterocycles. The average molecular weight is 278 g/mol. The number of aromatic nitrogens is 3. The molecule has 0 amide bonds. The Labute approximate surface area is 124 Å². The van der Waals surface area contributed by atoms with Crippen LogP contribution in [-0.4, -0.2) is 14.5 Å². The summed E-state index contributed by atoms with van der Waals surface area (Å²) in [7, 11) is 0. The van der Waals surface area contributed by atoms with Crippen molar-refractivity contribution in [3.8, 4) is 5.69 Å². The fraction of sp³-hybridized carbons (Fsp3) is 0.176. The van der Waals surface area contributed by atoms with E-state index in [-0.39, 0.29) is 0 Å². The molecule has 0 aliphatic rings. The molecule has 0 radical (unpaired) electrons. The number of anilines is 1. The molecule has 4 heteroatoms. The van der Waals surface area contributed by atoms with Crippen LogP contribution in [-0.2, 0) is 6.54 Å². The Morgan fingerprint density at radius 3 is 2.57 bits per heavy atom. The fourth-order valence-corrected chi connectivity index (χ4v) is 2.40. The van der Waals surface area contributed by atoms with Gasteiger partial charge in [-0.25, -0.2) is 4.98 Å². The second kappa shape index (κ2) is 5.79. The molecule has 0 aliphatic carbocycles. The number of hydrogen-bond acceptors (Lipinski definition) is 3. The van der Waals surface area contributed by atoms with E-state index in [4.69, 9.17) is 0 Å². The fourth-order valence-electron chi connectivity index (χ4n) is 2.40. The van der Waals surface area contributed by atoms with Crippen molar-refractivity contribution in [2.75, 3.05) is 5.32 Å². The monoisotopic (exact) mass is 278 g/mol. The van der Waals surface area contributed by atoms with Crippen molar-refractivity contribution in [3.05, 3.63) is 72.1 Å². The molecule has 0 bridgehead atoms. The third-order valence-corrected chi connectivity index (χ3v) is 3.49. The average Bonchev–Trinajstić information content (AvgIpc) is 2.88. The van der Waals surface area contributed by atoms with Gasteiger partial charge in [-0.05, 0) is 38.1 Å². The minimum absolute atomic E-state index is 0.711. The van der Waals surface area contributed by atoms with Gasteiger partial charge in [-0.2, -0.15) is 0 Å². The maximum atomic E-state index is 4.44. The number of rotatable bonds is 4. The Hall–Kier alpha value is -2.62. The lowest BCUT2D eigenvalue weighted by Crippen LogP contribution is -2.08. The normalized spacial score (nSPS) is 10.6. The maximum absolute atomic E-state index is 4.44. The molecule has 106 valence electrons. The molecule has 1 aromatic carbocycles. The summed E-state index contributed by atoms with van der Waals surface area (Å²) in [5, 5.41) is 3.43. The van der Waals surface area contributed by atoms with E-state index in [1.54, 1.807) is 6.20 Å². The summed E-state index contributed by atoms with van der Waals surface area (Å²) in [6.07, 6.45) is 3.72. The van der Waals surface area contributed by atoms with E-state index in [9.17, 15) is 0 Å². The third kappa shape index (κ3) is 2.79. The number of nitrogens with zero attached hydrogens (tertiary/aromatic N) is 3. The van der Waals surface area contributed by atoms with Crippen LogP contribution in [0.1, 0.15) is 17.2 Å². The zero-order valence-corrected chi connectivity index (χ0v) is 12.2. The highest BCUT2D eigenvalue weighted by Gasteiger charge is 2.08. The lowest BCUT2D eigenvalue weighted by Gasteiger charge is -2.12. The Kier molecular flexibility index (Phi) is 3.69. The van der Waals surface area contributed by atoms with Crippen LogP contribution in [0.2, 0.25) is 0 Å². The number of benzene rings is 1. The summed E-state index contributed by atoms with van der Waals surface area (Å²) >= 11 is 0. The highest BCUT2D eigenvalue weighted by molar-refractivity contribution is 5.47. The molecule has 0 saturated carbocycles. The van der Waals surface area contributed by atoms with Crippen molar-refractivity contribution in [1.82, 2.24) is 14.5 Å². The molecule has 0 unspecified atom stereocenters. The third-order valence-electron chi connectivity index (χ3n) is 3.49. The molecular weight excluding hydrogens is 260 g/mol. The van der Waals surface area contributed by atoms with Crippen LogP contribution in [0.15, 0.2) is 54.9 Å². The number of hydrogen-bond donors (Lipinski definition) is 1. The first-order valence-electron chi connectivity index (χ1n) is 7.00. The van der Waals surface area contributed by atoms with Crippen molar-refractivity contribution >= 4 is 5.69 Å². The summed E-state index contributed by atoms with van der Waals surface area (Å²) in [5.41, 5.74) is 4.31. The van der Waals surface area contributed by atoms with Crippen LogP contribution < -0.4 is 5.32 Å². The van der Waals surface area contributed by atoms with Gasteiger partial charge in [-0.3, -0.25) is 9.55 Å². The second-order valence-electron chi connectivity index (χ2n) is 4.96. The summed E-state index contributed by atoms with van der Waals surface area (Å²) in [5.74, 6) is 0.987. The molecule has 1 N–H and O–H groups in total. The molecule has 0 atom stereocenters. The lowest BCUT2D eigenvalue weighted by molar-refractivity contribution is 0.898. The number of pyridine rings is 1. The van der Waals surface area contributed by atoms with Gasteiger partial charge < -0.3 is 5.32 Å². The van der Waals surface area contributed by atoms with Crippen molar-refractivity contribution in [2.24, 2.45) is 0 Å². The van der Waals surface area contributed by atoms with Crippen LogP contribution >= 0.6 is 0 Å². The Morgan fingerprint density at radius 1 is 1.00 bits per heavy atom. The first-order valence-corrected chi connectivity index (χ1v) is 7.00. The Morgan fingerprint density at radius 2 is 1.81 bits per heavy atom. The molecule has 3 aromatic rings. The molecular formula is C17H18N4. The predicted molar refractivity (Wildman–Crippen MR) is 84.6 cm³/mol. The van der Waals surface area contributed by atoms with Gasteiger partial charge in [-0.1, -0.05) is 18.2 Å². The maximum Gasteiger partial charge on any atom is 0.110 e. The van der Waals surface area contributed by atoms with Crippen molar-refractivity contribution in [2.45, 2.75) is 20.4 Å². The van der Waals surface area contributed by atoms with E-state index < -0.39 is 0 Å². The molecule has 2 heterocycles. The molecule has 2 aromatic heterocycles. The molecule has 4 nitrogen and oxygen atoms in total. The van der Waals surface area contributed by atoms with Gasteiger partial charge in [0.1, 0.15) is 5.82 Å². The van der Waals surface area contributed by atoms with Crippen LogP contribution in [0.5, 0.6) is 0 Å². The van der Waals surface area contributed by atoms with E-state index in [1.165, 1.54) is 0 Å². The Bertz CT molecular complexity index is 732. The van der Waals surface area contributed by atoms with Gasteiger partial charge in [0.15, 0.2) is 0 Å². The lowest BCUT2D eigenvalue weighted by atomic mass is 10.3. The summed E-state index contributed by atoms with van der Waals surface area (Å²) in [6, 6.07) is 14.3. The molecule has 0 fully saturated rings. The molecule has 0 spiro atoms. The minimum Gasteiger partial charge on any atom is -0.378 e. The topological polar surface area (TPSA) is 42.7 Å². The van der Waals surface area contributed by atoms with E-state index in [0.29, 0.717) is 6.54 Å². The zero-order chi connectivity index (χ0) is 14.7. The highest BCUT2D eigenvalue weighted by atomic mass is 15.1. The summed E-state index contributed by atoms with van der Waals surface area (Å²) < 4.78 is 2.17. The Balaban J connectivity index is 1.86. The standard InChI is InChI=1S/C17H18N4/c1-13-17(9-6-10-18-13)20-12-16-11-19-14(2)21(16)15-7-4-3-5-8-15/h3-11,20H,12H2,1-2H3. The van der Waals surface area contributed by atoms with E-state index in [2.05, 4.69) is 32.0 Å². The number of imidazole rings is 1. The minimum atomic E-state index is 0.711. The van der Waals surface area contributed by atoms with Crippen LogP contribution in [0.25, 0.3) is 5.69 Å². The van der Waals surface area contributed by atoms with Crippen molar-refractivity contribution in [3.63, 3.8) is 0 Å². The van der Waals surface area contributed by atoms with Crippen LogP contribution in [0.4, 0.5) is 5.69 Å². The number of para-hydroxylation sites is 1. The number of nitrogens with one attached hydrogen (secondary N) is 1. The smallest absolute Gasteiger partial charge is 0.110 e. The molecule has 21 heavy (non-hydrogen) atoms. The largest absolute Gasteiger partial charge is 0.378 e. The summed E-state index contributed by atoms with van der Waals surface area (Å²) in [6.45, 7) is 4.73. The van der Waals surface area contributed by atoms with Gasteiger partial charge in [0.05, 0.1) is 29.8 Å². The molecule has 3 rings (SSSR count). The van der Waals surface area contributed by atoms with Gasteiger partial charge in [0.2, 0.25) is 0 Å². The predicted octanol–water partition coefficient (Wildman–Crippen LogP) is 3.50. The quantitative estimate of drug-likeness (QED) is 0.794. The zero-order valence-electron chi connectivity index (χ0n) is 12.2. The van der Waals surface area contributed by atoms with Gasteiger partial charge in [0, 0.05) is 11.9 Å². The van der Waals surface area contributed by atoms with Gasteiger partial charge in [-0.15, -0.1) is 0 Å². The van der Waals surface area contributed by atoms with Crippen molar-refractivity contribution < 1.29 is 0 Å². The SMILES string of the molecule is Cc1ncccc1NCc1cnc(C)n1-c1ccccc1. The highest BCUT2D eigenvalue weighted by Crippen LogP contribution is 2.17. The van der Waals surface area contributed by atoms with Gasteiger partial charge >= 0.3 is 0 Å². The van der Waals surface area contributed by atoms with E-state index in [0.717, 1.165) is 28.6 Å². The van der Waals surface area contributed by atoms with Gasteiger partial charge in [0.25, 0.3) is 0 Å². The second-order valence-corrected chi connectivity index (χ2v) is 4.96. The van der Waals surface area contributed by atoms with E-state index in [1.807, 2.05) is 50.4 Å².